The SMILES string of the molecule is CCc1n[nH]c(=S)n1CCNC(=O)C1Cc2cccc(F)c2O1. The van der Waals surface area contributed by atoms with E-state index in [4.69, 9.17) is 17.0 Å². The van der Waals surface area contributed by atoms with Crippen LogP contribution in [0.1, 0.15) is 18.3 Å². The molecule has 2 aromatic rings. The van der Waals surface area contributed by atoms with Crippen molar-refractivity contribution < 1.29 is 13.9 Å². The van der Waals surface area contributed by atoms with E-state index in [0.717, 1.165) is 17.8 Å². The summed E-state index contributed by atoms with van der Waals surface area (Å²) in [6.45, 7) is 2.91. The Morgan fingerprint density at radius 1 is 1.61 bits per heavy atom. The first-order chi connectivity index (χ1) is 11.1. The molecule has 23 heavy (non-hydrogen) atoms. The van der Waals surface area contributed by atoms with Crippen LogP contribution in [0.3, 0.4) is 0 Å². The summed E-state index contributed by atoms with van der Waals surface area (Å²) >= 11 is 5.15. The number of hydrogen-bond acceptors (Lipinski definition) is 4. The van der Waals surface area contributed by atoms with Gasteiger partial charge in [-0.25, -0.2) is 4.39 Å². The van der Waals surface area contributed by atoms with Crippen LogP contribution < -0.4 is 10.1 Å². The Bertz CT molecular complexity index is 786. The molecule has 3 rings (SSSR count). The number of aryl methyl sites for hydroxylation is 1. The number of nitrogens with one attached hydrogen (secondary N) is 2. The average molecular weight is 336 g/mol. The van der Waals surface area contributed by atoms with Gasteiger partial charge in [0.15, 0.2) is 22.4 Å². The topological polar surface area (TPSA) is 71.9 Å². The molecule has 1 atom stereocenters. The van der Waals surface area contributed by atoms with Gasteiger partial charge in [0.2, 0.25) is 0 Å². The quantitative estimate of drug-likeness (QED) is 0.816. The number of aromatic amines is 1. The predicted molar refractivity (Wildman–Crippen MR) is 84.3 cm³/mol. The summed E-state index contributed by atoms with van der Waals surface area (Å²) in [7, 11) is 0. The minimum Gasteiger partial charge on any atom is -0.477 e. The van der Waals surface area contributed by atoms with Crippen LogP contribution in [0.15, 0.2) is 18.2 Å². The van der Waals surface area contributed by atoms with Crippen molar-refractivity contribution in [2.75, 3.05) is 6.54 Å². The molecule has 0 aliphatic carbocycles. The highest BCUT2D eigenvalue weighted by atomic mass is 32.1. The first kappa shape index (κ1) is 15.7. The molecule has 1 aromatic carbocycles. The summed E-state index contributed by atoms with van der Waals surface area (Å²) in [4.78, 5) is 12.2. The molecule has 1 aromatic heterocycles. The van der Waals surface area contributed by atoms with Gasteiger partial charge >= 0.3 is 0 Å². The van der Waals surface area contributed by atoms with Gasteiger partial charge in [-0.05, 0) is 18.3 Å². The van der Waals surface area contributed by atoms with Gasteiger partial charge in [0.1, 0.15) is 5.82 Å². The monoisotopic (exact) mass is 336 g/mol. The smallest absolute Gasteiger partial charge is 0.261 e. The number of carbonyl (C=O) groups is 1. The van der Waals surface area contributed by atoms with Crippen LogP contribution in [-0.2, 0) is 24.2 Å². The number of halogens is 1. The van der Waals surface area contributed by atoms with Crippen LogP contribution in [0.5, 0.6) is 5.75 Å². The van der Waals surface area contributed by atoms with Crippen LogP contribution in [-0.4, -0.2) is 33.3 Å². The van der Waals surface area contributed by atoms with Gasteiger partial charge in [-0.2, -0.15) is 5.10 Å². The van der Waals surface area contributed by atoms with E-state index in [0.29, 0.717) is 24.3 Å². The number of H-pyrrole nitrogens is 1. The third-order valence-corrected chi connectivity index (χ3v) is 4.11. The summed E-state index contributed by atoms with van der Waals surface area (Å²) in [6, 6.07) is 4.71. The summed E-state index contributed by atoms with van der Waals surface area (Å²) < 4.78 is 21.4. The van der Waals surface area contributed by atoms with Gasteiger partial charge in [0, 0.05) is 31.5 Å². The highest BCUT2D eigenvalue weighted by molar-refractivity contribution is 7.71. The van der Waals surface area contributed by atoms with Gasteiger partial charge in [-0.15, -0.1) is 0 Å². The Labute approximate surface area is 137 Å². The van der Waals surface area contributed by atoms with Crippen molar-refractivity contribution in [3.05, 3.63) is 40.2 Å². The minimum absolute atomic E-state index is 0.179. The number of aromatic nitrogens is 3. The van der Waals surface area contributed by atoms with Gasteiger partial charge < -0.3 is 14.6 Å². The van der Waals surface area contributed by atoms with Crippen LogP contribution in [0.4, 0.5) is 4.39 Å². The second-order valence-corrected chi connectivity index (χ2v) is 5.67. The van der Waals surface area contributed by atoms with Crippen molar-refractivity contribution in [3.8, 4) is 5.75 Å². The normalized spacial score (nSPS) is 16.0. The third-order valence-electron chi connectivity index (χ3n) is 3.79. The Kier molecular flexibility index (Phi) is 4.42. The van der Waals surface area contributed by atoms with E-state index in [1.165, 1.54) is 6.07 Å². The standard InChI is InChI=1S/C15H17FN4O2S/c1-2-12-18-19-15(23)20(12)7-6-17-14(21)11-8-9-4-3-5-10(16)13(9)22-11/h3-5,11H,2,6-8H2,1H3,(H,17,21)(H,19,23). The number of ether oxygens (including phenoxy) is 1. The predicted octanol–water partition coefficient (Wildman–Crippen LogP) is 1.76. The molecular weight excluding hydrogens is 319 g/mol. The molecule has 1 unspecified atom stereocenters. The van der Waals surface area contributed by atoms with Crippen LogP contribution in [0, 0.1) is 10.6 Å². The molecule has 2 heterocycles. The van der Waals surface area contributed by atoms with E-state index >= 15 is 0 Å². The first-order valence-electron chi connectivity index (χ1n) is 7.46. The Balaban J connectivity index is 1.56. The van der Waals surface area contributed by atoms with Crippen molar-refractivity contribution in [2.24, 2.45) is 0 Å². The molecule has 1 amide bonds. The Morgan fingerprint density at radius 3 is 3.17 bits per heavy atom. The molecule has 0 saturated heterocycles. The molecule has 0 bridgehead atoms. The number of hydrogen-bond donors (Lipinski definition) is 2. The van der Waals surface area contributed by atoms with Crippen molar-refractivity contribution >= 4 is 18.1 Å². The van der Waals surface area contributed by atoms with Crippen LogP contribution >= 0.6 is 12.2 Å². The van der Waals surface area contributed by atoms with Crippen molar-refractivity contribution in [2.45, 2.75) is 32.4 Å². The lowest BCUT2D eigenvalue weighted by Crippen LogP contribution is -2.39. The maximum Gasteiger partial charge on any atom is 0.261 e. The zero-order chi connectivity index (χ0) is 16.4. The number of nitrogens with zero attached hydrogens (tertiary/aromatic N) is 2. The van der Waals surface area contributed by atoms with Gasteiger partial charge in [0.05, 0.1) is 0 Å². The molecule has 122 valence electrons. The van der Waals surface area contributed by atoms with Gasteiger partial charge in [-0.1, -0.05) is 19.1 Å². The highest BCUT2D eigenvalue weighted by Crippen LogP contribution is 2.31. The summed E-state index contributed by atoms with van der Waals surface area (Å²) in [5.74, 6) is 0.331. The number of carbonyl (C=O) groups excluding carboxylic acids is 1. The molecule has 8 heteroatoms. The van der Waals surface area contributed by atoms with Crippen LogP contribution in [0.25, 0.3) is 0 Å². The van der Waals surface area contributed by atoms with E-state index in [9.17, 15) is 9.18 Å². The fourth-order valence-corrected chi connectivity index (χ4v) is 2.87. The van der Waals surface area contributed by atoms with E-state index in [-0.39, 0.29) is 11.7 Å². The van der Waals surface area contributed by atoms with Crippen molar-refractivity contribution in [1.29, 1.82) is 0 Å². The molecule has 6 nitrogen and oxygen atoms in total. The molecule has 1 aliphatic heterocycles. The van der Waals surface area contributed by atoms with Crippen molar-refractivity contribution in [1.82, 2.24) is 20.1 Å². The highest BCUT2D eigenvalue weighted by Gasteiger charge is 2.30. The molecular formula is C15H17FN4O2S. The van der Waals surface area contributed by atoms with E-state index in [1.807, 2.05) is 11.5 Å². The summed E-state index contributed by atoms with van der Waals surface area (Å²) in [5.41, 5.74) is 0.718. The lowest BCUT2D eigenvalue weighted by Gasteiger charge is -2.12. The van der Waals surface area contributed by atoms with E-state index < -0.39 is 11.9 Å². The fourth-order valence-electron chi connectivity index (χ4n) is 2.63. The number of fused-ring (bicyclic) bond motifs is 1. The lowest BCUT2D eigenvalue weighted by molar-refractivity contribution is -0.127. The summed E-state index contributed by atoms with van der Waals surface area (Å²) in [5, 5.41) is 9.65. The molecule has 0 radical (unpaired) electrons. The van der Waals surface area contributed by atoms with E-state index in [2.05, 4.69) is 15.5 Å². The molecule has 2 N–H and O–H groups in total. The fraction of sp³-hybridized carbons (Fsp3) is 0.400. The van der Waals surface area contributed by atoms with Gasteiger partial charge in [0.25, 0.3) is 5.91 Å². The largest absolute Gasteiger partial charge is 0.477 e. The van der Waals surface area contributed by atoms with E-state index in [1.54, 1.807) is 12.1 Å². The zero-order valence-electron chi connectivity index (χ0n) is 12.6. The minimum atomic E-state index is -0.690. The number of benzene rings is 1. The third kappa shape index (κ3) is 3.12. The average Bonchev–Trinajstić information content (AvgIpc) is 3.12. The Hall–Kier alpha value is -2.22. The maximum absolute atomic E-state index is 13.6. The van der Waals surface area contributed by atoms with Gasteiger partial charge in [-0.3, -0.25) is 9.89 Å². The first-order valence-corrected chi connectivity index (χ1v) is 7.86. The second kappa shape index (κ2) is 6.49. The lowest BCUT2D eigenvalue weighted by atomic mass is 10.1. The van der Waals surface area contributed by atoms with Crippen LogP contribution in [0.2, 0.25) is 0 Å². The molecule has 0 spiro atoms. The molecule has 1 aliphatic rings. The second-order valence-electron chi connectivity index (χ2n) is 5.28. The Morgan fingerprint density at radius 2 is 2.43 bits per heavy atom. The number of para-hydroxylation sites is 1. The molecule has 0 saturated carbocycles. The molecule has 0 fully saturated rings. The number of rotatable bonds is 5. The number of amides is 1. The summed E-state index contributed by atoms with van der Waals surface area (Å²) in [6.07, 6.45) is 0.441. The maximum atomic E-state index is 13.6. The zero-order valence-corrected chi connectivity index (χ0v) is 13.5. The van der Waals surface area contributed by atoms with Crippen molar-refractivity contribution in [3.63, 3.8) is 0 Å².